The molecule has 1 saturated heterocycles. The summed E-state index contributed by atoms with van der Waals surface area (Å²) in [6, 6.07) is 11.1. The first-order valence-corrected chi connectivity index (χ1v) is 8.23. The Morgan fingerprint density at radius 3 is 2.88 bits per heavy atom. The number of nitrogens with zero attached hydrogens (tertiary/aromatic N) is 2. The molecule has 0 aliphatic carbocycles. The molecule has 0 amide bonds. The quantitative estimate of drug-likeness (QED) is 0.914. The van der Waals surface area contributed by atoms with Gasteiger partial charge in [0.15, 0.2) is 0 Å². The van der Waals surface area contributed by atoms with Gasteiger partial charge in [-0.2, -0.15) is 0 Å². The van der Waals surface area contributed by atoms with E-state index in [2.05, 4.69) is 28.9 Å². The minimum absolute atomic E-state index is 0.0669. The number of hydrogen-bond acceptors (Lipinski definition) is 4. The maximum Gasteiger partial charge on any atom is 0.146 e. The van der Waals surface area contributed by atoms with Crippen LogP contribution in [0.25, 0.3) is 0 Å². The van der Waals surface area contributed by atoms with Crippen molar-refractivity contribution in [3.05, 3.63) is 65.2 Å². The Morgan fingerprint density at radius 2 is 2.12 bits per heavy atom. The van der Waals surface area contributed by atoms with Crippen LogP contribution < -0.4 is 0 Å². The number of aliphatic hydroxyl groups excluding tert-OH is 1. The van der Waals surface area contributed by atoms with Crippen LogP contribution in [0.1, 0.15) is 16.8 Å². The van der Waals surface area contributed by atoms with Crippen LogP contribution in [0.3, 0.4) is 0 Å². The predicted octanol–water partition coefficient (Wildman–Crippen LogP) is 2.34. The van der Waals surface area contributed by atoms with Gasteiger partial charge in [-0.1, -0.05) is 24.3 Å². The van der Waals surface area contributed by atoms with Gasteiger partial charge >= 0.3 is 0 Å². The standard InChI is InChI=1S/C19H23FN2O2/c1-15-5-2-3-6-16(15)11-19(14-23)13-22(9-10-24-19)12-18-17(20)7-4-8-21-18/h2-8,23H,9-14H2,1H3/t19-/m1/s1. The van der Waals surface area contributed by atoms with E-state index in [0.717, 1.165) is 5.56 Å². The van der Waals surface area contributed by atoms with Gasteiger partial charge in [0.1, 0.15) is 11.4 Å². The molecule has 0 bridgehead atoms. The molecule has 24 heavy (non-hydrogen) atoms. The number of aliphatic hydroxyl groups is 1. The van der Waals surface area contributed by atoms with Crippen LogP contribution in [0.5, 0.6) is 0 Å². The van der Waals surface area contributed by atoms with Gasteiger partial charge in [0.25, 0.3) is 0 Å². The van der Waals surface area contributed by atoms with E-state index in [-0.39, 0.29) is 12.4 Å². The molecule has 1 aliphatic rings. The summed E-state index contributed by atoms with van der Waals surface area (Å²) < 4.78 is 19.8. The normalized spacial score (nSPS) is 21.8. The van der Waals surface area contributed by atoms with Crippen LogP contribution in [-0.4, -0.2) is 46.9 Å². The van der Waals surface area contributed by atoms with Crippen molar-refractivity contribution in [3.8, 4) is 0 Å². The molecule has 2 heterocycles. The van der Waals surface area contributed by atoms with Crippen molar-refractivity contribution in [2.24, 2.45) is 0 Å². The molecule has 0 radical (unpaired) electrons. The number of benzene rings is 1. The fourth-order valence-electron chi connectivity index (χ4n) is 3.22. The Kier molecular flexibility index (Phi) is 5.23. The predicted molar refractivity (Wildman–Crippen MR) is 90.1 cm³/mol. The van der Waals surface area contributed by atoms with Crippen molar-refractivity contribution >= 4 is 0 Å². The lowest BCUT2D eigenvalue weighted by Gasteiger charge is -2.42. The molecule has 1 atom stereocenters. The van der Waals surface area contributed by atoms with E-state index in [0.29, 0.717) is 38.4 Å². The van der Waals surface area contributed by atoms with Gasteiger partial charge < -0.3 is 9.84 Å². The van der Waals surface area contributed by atoms with E-state index >= 15 is 0 Å². The number of hydrogen-bond donors (Lipinski definition) is 1. The van der Waals surface area contributed by atoms with Crippen LogP contribution in [0.15, 0.2) is 42.6 Å². The number of morpholine rings is 1. The molecule has 0 saturated carbocycles. The third-order valence-electron chi connectivity index (χ3n) is 4.60. The number of ether oxygens (including phenoxy) is 1. The van der Waals surface area contributed by atoms with Crippen molar-refractivity contribution < 1.29 is 14.2 Å². The first kappa shape index (κ1) is 17.0. The van der Waals surface area contributed by atoms with Crippen molar-refractivity contribution in [2.45, 2.75) is 25.5 Å². The third-order valence-corrected chi connectivity index (χ3v) is 4.60. The van der Waals surface area contributed by atoms with Crippen LogP contribution in [0.4, 0.5) is 4.39 Å². The van der Waals surface area contributed by atoms with Crippen molar-refractivity contribution in [1.82, 2.24) is 9.88 Å². The Labute approximate surface area is 141 Å². The van der Waals surface area contributed by atoms with Gasteiger partial charge in [0.05, 0.1) is 18.9 Å². The Morgan fingerprint density at radius 1 is 1.29 bits per heavy atom. The van der Waals surface area contributed by atoms with Crippen LogP contribution >= 0.6 is 0 Å². The van der Waals surface area contributed by atoms with Gasteiger partial charge in [0.2, 0.25) is 0 Å². The Bertz CT molecular complexity index is 695. The van der Waals surface area contributed by atoms with E-state index in [1.165, 1.54) is 11.6 Å². The van der Waals surface area contributed by atoms with Crippen LogP contribution in [0.2, 0.25) is 0 Å². The first-order valence-electron chi connectivity index (χ1n) is 8.23. The lowest BCUT2D eigenvalue weighted by molar-refractivity contribution is -0.134. The lowest BCUT2D eigenvalue weighted by Crippen LogP contribution is -2.55. The van der Waals surface area contributed by atoms with Gasteiger partial charge in [0, 0.05) is 32.3 Å². The molecule has 1 aromatic heterocycles. The summed E-state index contributed by atoms with van der Waals surface area (Å²) in [5.41, 5.74) is 2.12. The smallest absolute Gasteiger partial charge is 0.146 e. The summed E-state index contributed by atoms with van der Waals surface area (Å²) in [6.07, 6.45) is 2.24. The summed E-state index contributed by atoms with van der Waals surface area (Å²) in [7, 11) is 0. The van der Waals surface area contributed by atoms with E-state index in [9.17, 15) is 9.50 Å². The number of aryl methyl sites for hydroxylation is 1. The largest absolute Gasteiger partial charge is 0.393 e. The molecule has 0 unspecified atom stereocenters. The van der Waals surface area contributed by atoms with E-state index in [1.807, 2.05) is 12.1 Å². The molecule has 1 aromatic carbocycles. The van der Waals surface area contributed by atoms with Crippen LogP contribution in [0, 0.1) is 12.7 Å². The highest BCUT2D eigenvalue weighted by atomic mass is 19.1. The summed E-state index contributed by atoms with van der Waals surface area (Å²) >= 11 is 0. The number of halogens is 1. The fraction of sp³-hybridized carbons (Fsp3) is 0.421. The molecular weight excluding hydrogens is 307 g/mol. The Balaban J connectivity index is 1.74. The van der Waals surface area contributed by atoms with Crippen molar-refractivity contribution in [2.75, 3.05) is 26.3 Å². The highest BCUT2D eigenvalue weighted by molar-refractivity contribution is 5.27. The highest BCUT2D eigenvalue weighted by Crippen LogP contribution is 2.25. The maximum atomic E-state index is 13.8. The minimum Gasteiger partial charge on any atom is -0.393 e. The monoisotopic (exact) mass is 330 g/mol. The van der Waals surface area contributed by atoms with E-state index in [4.69, 9.17) is 4.74 Å². The second-order valence-electron chi connectivity index (χ2n) is 6.44. The molecule has 3 rings (SSSR count). The number of rotatable bonds is 5. The molecule has 1 fully saturated rings. The second kappa shape index (κ2) is 7.38. The molecule has 2 aromatic rings. The average Bonchev–Trinajstić information content (AvgIpc) is 2.59. The third kappa shape index (κ3) is 3.80. The van der Waals surface area contributed by atoms with Gasteiger partial charge in [-0.15, -0.1) is 0 Å². The van der Waals surface area contributed by atoms with Gasteiger partial charge in [-0.3, -0.25) is 9.88 Å². The molecule has 1 aliphatic heterocycles. The molecule has 128 valence electrons. The highest BCUT2D eigenvalue weighted by Gasteiger charge is 2.37. The fourth-order valence-corrected chi connectivity index (χ4v) is 3.22. The first-order chi connectivity index (χ1) is 11.6. The van der Waals surface area contributed by atoms with Gasteiger partial charge in [-0.25, -0.2) is 4.39 Å². The summed E-state index contributed by atoms with van der Waals surface area (Å²) in [5.74, 6) is -0.294. The van der Waals surface area contributed by atoms with Crippen molar-refractivity contribution in [1.29, 1.82) is 0 Å². The average molecular weight is 330 g/mol. The minimum atomic E-state index is -0.657. The van der Waals surface area contributed by atoms with Crippen molar-refractivity contribution in [3.63, 3.8) is 0 Å². The number of pyridine rings is 1. The topological polar surface area (TPSA) is 45.6 Å². The summed E-state index contributed by atoms with van der Waals surface area (Å²) in [5, 5.41) is 9.99. The second-order valence-corrected chi connectivity index (χ2v) is 6.44. The Hall–Kier alpha value is -1.82. The maximum absolute atomic E-state index is 13.8. The summed E-state index contributed by atoms with van der Waals surface area (Å²) in [6.45, 7) is 4.18. The number of aromatic nitrogens is 1. The van der Waals surface area contributed by atoms with Gasteiger partial charge in [-0.05, 0) is 30.2 Å². The molecule has 5 heteroatoms. The van der Waals surface area contributed by atoms with E-state index < -0.39 is 5.60 Å². The molecule has 1 N–H and O–H groups in total. The zero-order chi connectivity index (χ0) is 17.0. The zero-order valence-electron chi connectivity index (χ0n) is 13.9. The molecular formula is C19H23FN2O2. The summed E-state index contributed by atoms with van der Waals surface area (Å²) in [4.78, 5) is 6.22. The molecule has 0 spiro atoms. The lowest BCUT2D eigenvalue weighted by atomic mass is 9.91. The zero-order valence-corrected chi connectivity index (χ0v) is 13.9. The van der Waals surface area contributed by atoms with Crippen LogP contribution in [-0.2, 0) is 17.7 Å². The SMILES string of the molecule is Cc1ccccc1C[C@]1(CO)CN(Cc2ncccc2F)CCO1. The molecule has 4 nitrogen and oxygen atoms in total. The van der Waals surface area contributed by atoms with E-state index in [1.54, 1.807) is 12.3 Å².